The quantitative estimate of drug-likeness (QED) is 0.545. The summed E-state index contributed by atoms with van der Waals surface area (Å²) in [6.07, 6.45) is 0.402. The number of aliphatic hydroxyl groups excluding tert-OH is 3. The molecule has 31 heavy (non-hydrogen) atoms. The van der Waals surface area contributed by atoms with Crippen molar-refractivity contribution < 1.29 is 29.9 Å². The lowest BCUT2D eigenvalue weighted by atomic mass is 9.62. The molecule has 4 N–H and O–H groups in total. The molecule has 1 aromatic rings. The van der Waals surface area contributed by atoms with Crippen molar-refractivity contribution in [2.45, 2.75) is 96.2 Å². The van der Waals surface area contributed by atoms with E-state index in [0.29, 0.717) is 17.6 Å². The summed E-state index contributed by atoms with van der Waals surface area (Å²) in [4.78, 5) is 0. The highest BCUT2D eigenvalue weighted by Gasteiger charge is 2.44. The van der Waals surface area contributed by atoms with Gasteiger partial charge in [0.2, 0.25) is 6.29 Å². The van der Waals surface area contributed by atoms with Gasteiger partial charge < -0.3 is 29.9 Å². The molecular formula is C25H36O6. The Hall–Kier alpha value is -1.60. The summed E-state index contributed by atoms with van der Waals surface area (Å²) in [6.45, 7) is 10.5. The van der Waals surface area contributed by atoms with E-state index in [1.807, 2.05) is 6.92 Å². The average molecular weight is 433 g/mol. The first kappa shape index (κ1) is 22.6. The molecular weight excluding hydrogens is 396 g/mol. The largest absolute Gasteiger partial charge is 0.504 e. The molecule has 0 bridgehead atoms. The number of aliphatic hydroxyl groups is 3. The zero-order valence-corrected chi connectivity index (χ0v) is 19.1. The Morgan fingerprint density at radius 1 is 1.03 bits per heavy atom. The number of aromatic hydroxyl groups is 1. The molecule has 0 radical (unpaired) electrons. The number of allylic oxidation sites excluding steroid dienone is 2. The molecule has 1 aromatic carbocycles. The summed E-state index contributed by atoms with van der Waals surface area (Å²) in [7, 11) is 0. The molecule has 0 saturated carbocycles. The maximum absolute atomic E-state index is 11.3. The first-order valence-electron chi connectivity index (χ1n) is 11.5. The lowest BCUT2D eigenvalue weighted by Gasteiger charge is -2.44. The number of rotatable bonds is 3. The Bertz CT molecular complexity index is 873. The third kappa shape index (κ3) is 3.78. The van der Waals surface area contributed by atoms with E-state index < -0.39 is 24.6 Å². The van der Waals surface area contributed by atoms with Crippen molar-refractivity contribution in [3.05, 3.63) is 33.9 Å². The number of hydrogen-bond donors (Lipinski definition) is 4. The second kappa shape index (κ2) is 8.39. The minimum absolute atomic E-state index is 0.0828. The van der Waals surface area contributed by atoms with Crippen molar-refractivity contribution in [2.24, 2.45) is 5.92 Å². The molecule has 1 aliphatic heterocycles. The smallest absolute Gasteiger partial charge is 0.229 e. The second-order valence-electron chi connectivity index (χ2n) is 10.1. The number of ether oxygens (including phenoxy) is 2. The number of phenols is 1. The van der Waals surface area contributed by atoms with Gasteiger partial charge in [-0.15, -0.1) is 0 Å². The summed E-state index contributed by atoms with van der Waals surface area (Å²) in [6, 6.07) is 0. The van der Waals surface area contributed by atoms with Gasteiger partial charge in [-0.05, 0) is 74.5 Å². The fraction of sp³-hybridized carbons (Fsp3) is 0.680. The number of hydrogen-bond acceptors (Lipinski definition) is 6. The summed E-state index contributed by atoms with van der Waals surface area (Å²) < 4.78 is 11.6. The molecule has 5 unspecified atom stereocenters. The van der Waals surface area contributed by atoms with E-state index in [0.717, 1.165) is 30.4 Å². The maximum Gasteiger partial charge on any atom is 0.229 e. The van der Waals surface area contributed by atoms with Crippen LogP contribution in [0.25, 0.3) is 0 Å². The van der Waals surface area contributed by atoms with Crippen molar-refractivity contribution in [1.82, 2.24) is 0 Å². The van der Waals surface area contributed by atoms with Crippen LogP contribution in [0.2, 0.25) is 0 Å². The zero-order chi connectivity index (χ0) is 22.6. The van der Waals surface area contributed by atoms with E-state index in [2.05, 4.69) is 33.8 Å². The van der Waals surface area contributed by atoms with Crippen LogP contribution in [0.4, 0.5) is 0 Å². The van der Waals surface area contributed by atoms with Crippen molar-refractivity contribution in [3.8, 4) is 11.5 Å². The minimum atomic E-state index is -1.40. The van der Waals surface area contributed by atoms with Gasteiger partial charge in [0.15, 0.2) is 11.5 Å². The SMILES string of the molecule is CC(C)=C[C@H]1C[C@H](C)[C@H]2CCC(C)c3c(OC4OCC(O)C(O)C4O)c(O)c(C)c1c32. The highest BCUT2D eigenvalue weighted by Crippen LogP contribution is 2.58. The van der Waals surface area contributed by atoms with Gasteiger partial charge in [0.05, 0.1) is 6.61 Å². The molecule has 2 aliphatic carbocycles. The van der Waals surface area contributed by atoms with E-state index in [4.69, 9.17) is 9.47 Å². The van der Waals surface area contributed by atoms with Crippen LogP contribution in [0.3, 0.4) is 0 Å². The number of benzene rings is 1. The maximum atomic E-state index is 11.3. The van der Waals surface area contributed by atoms with E-state index in [1.165, 1.54) is 16.7 Å². The highest BCUT2D eigenvalue weighted by atomic mass is 16.7. The third-order valence-corrected chi connectivity index (χ3v) is 7.48. The Labute approximate surface area is 184 Å². The third-order valence-electron chi connectivity index (χ3n) is 7.48. The van der Waals surface area contributed by atoms with Gasteiger partial charge in [-0.25, -0.2) is 0 Å². The van der Waals surface area contributed by atoms with Gasteiger partial charge in [0.1, 0.15) is 18.3 Å². The zero-order valence-electron chi connectivity index (χ0n) is 19.1. The second-order valence-corrected chi connectivity index (χ2v) is 10.1. The molecule has 0 amide bonds. The van der Waals surface area contributed by atoms with Crippen LogP contribution in [-0.4, -0.2) is 51.6 Å². The fourth-order valence-electron chi connectivity index (χ4n) is 5.90. The predicted octanol–water partition coefficient (Wildman–Crippen LogP) is 3.59. The first-order chi connectivity index (χ1) is 14.6. The topological polar surface area (TPSA) is 99.4 Å². The molecule has 1 saturated heterocycles. The summed E-state index contributed by atoms with van der Waals surface area (Å²) >= 11 is 0. The summed E-state index contributed by atoms with van der Waals surface area (Å²) in [5.41, 5.74) is 5.59. The van der Waals surface area contributed by atoms with Crippen LogP contribution >= 0.6 is 0 Å². The van der Waals surface area contributed by atoms with Crippen LogP contribution in [0.15, 0.2) is 11.6 Å². The molecule has 6 nitrogen and oxygen atoms in total. The van der Waals surface area contributed by atoms with E-state index in [9.17, 15) is 20.4 Å². The van der Waals surface area contributed by atoms with Crippen LogP contribution in [0.5, 0.6) is 11.5 Å². The van der Waals surface area contributed by atoms with E-state index >= 15 is 0 Å². The number of phenolic OH excluding ortho intramolecular Hbond substituents is 1. The molecule has 0 spiro atoms. The van der Waals surface area contributed by atoms with Crippen molar-refractivity contribution >= 4 is 0 Å². The van der Waals surface area contributed by atoms with Gasteiger partial charge in [0.25, 0.3) is 0 Å². The average Bonchev–Trinajstić information content (AvgIpc) is 2.70. The van der Waals surface area contributed by atoms with Gasteiger partial charge in [0, 0.05) is 11.5 Å². The van der Waals surface area contributed by atoms with Crippen molar-refractivity contribution in [1.29, 1.82) is 0 Å². The van der Waals surface area contributed by atoms with Crippen LogP contribution in [-0.2, 0) is 4.74 Å². The molecule has 4 rings (SSSR count). The molecule has 1 fully saturated rings. The van der Waals surface area contributed by atoms with Crippen LogP contribution < -0.4 is 4.74 Å². The van der Waals surface area contributed by atoms with Crippen molar-refractivity contribution in [3.63, 3.8) is 0 Å². The Morgan fingerprint density at radius 2 is 1.74 bits per heavy atom. The Kier molecular flexibility index (Phi) is 6.12. The van der Waals surface area contributed by atoms with Crippen LogP contribution in [0, 0.1) is 12.8 Å². The van der Waals surface area contributed by atoms with Crippen LogP contribution in [0.1, 0.15) is 87.0 Å². The van der Waals surface area contributed by atoms with Gasteiger partial charge in [-0.3, -0.25) is 0 Å². The molecule has 172 valence electrons. The Morgan fingerprint density at radius 3 is 2.42 bits per heavy atom. The predicted molar refractivity (Wildman–Crippen MR) is 118 cm³/mol. The molecule has 1 heterocycles. The summed E-state index contributed by atoms with van der Waals surface area (Å²) in [5, 5.41) is 41.5. The van der Waals surface area contributed by atoms with Crippen molar-refractivity contribution in [2.75, 3.05) is 6.61 Å². The summed E-state index contributed by atoms with van der Waals surface area (Å²) in [5.74, 6) is 1.81. The van der Waals surface area contributed by atoms with E-state index in [-0.39, 0.29) is 24.2 Å². The lowest BCUT2D eigenvalue weighted by molar-refractivity contribution is -0.242. The molecule has 6 heteroatoms. The standard InChI is InChI=1S/C25H36O6/c1-11(2)8-15-9-13(4)16-7-6-12(3)18-20(16)19(15)14(5)21(27)24(18)31-25-23(29)22(28)17(26)10-30-25/h8,12-13,15-17,22-23,25-29H,6-7,9-10H2,1-5H3/t12?,13-,15-,16+,17?,22?,23?,25?/m0/s1. The lowest BCUT2D eigenvalue weighted by Crippen LogP contribution is -2.54. The fourth-order valence-corrected chi connectivity index (χ4v) is 5.90. The van der Waals surface area contributed by atoms with Gasteiger partial charge >= 0.3 is 0 Å². The van der Waals surface area contributed by atoms with Gasteiger partial charge in [-0.2, -0.15) is 0 Å². The monoisotopic (exact) mass is 432 g/mol. The van der Waals surface area contributed by atoms with E-state index in [1.54, 1.807) is 0 Å². The highest BCUT2D eigenvalue weighted by molar-refractivity contribution is 5.64. The molecule has 8 atom stereocenters. The Balaban J connectivity index is 1.86. The van der Waals surface area contributed by atoms with Gasteiger partial charge in [-0.1, -0.05) is 25.5 Å². The molecule has 3 aliphatic rings. The normalized spacial score (nSPS) is 37.2. The molecule has 0 aromatic heterocycles. The minimum Gasteiger partial charge on any atom is -0.504 e. The first-order valence-corrected chi connectivity index (χ1v) is 11.5.